The number of carbonyl (C=O) groups excluding carboxylic acids is 3. The van der Waals surface area contributed by atoms with Gasteiger partial charge in [-0.3, -0.25) is 15.0 Å². The van der Waals surface area contributed by atoms with E-state index in [0.717, 1.165) is 0 Å². The predicted octanol–water partition coefficient (Wildman–Crippen LogP) is 4.50. The largest absolute Gasteiger partial charge is 0.444 e. The Hall–Kier alpha value is -2.42. The van der Waals surface area contributed by atoms with Crippen molar-refractivity contribution in [3.05, 3.63) is 69.2 Å². The standard InChI is InChI=1S/C22H25BrClN3O4/c1-21(2,3)31-20(30)26-22(4,18(28)14-8-6-5-7-9-14)13-25-27-19(29)16-12-15(23)10-11-17(16)24/h5-12,25H,13H2,1-4H3,(H,26,30)(H,27,29). The minimum absolute atomic E-state index is 0.0999. The lowest BCUT2D eigenvalue weighted by atomic mass is 9.91. The van der Waals surface area contributed by atoms with Crippen molar-refractivity contribution in [1.29, 1.82) is 0 Å². The zero-order chi connectivity index (χ0) is 23.2. The van der Waals surface area contributed by atoms with Gasteiger partial charge in [0.05, 0.1) is 10.6 Å². The summed E-state index contributed by atoms with van der Waals surface area (Å²) in [5.74, 6) is -0.834. The number of ketones is 1. The normalized spacial score (nSPS) is 13.1. The van der Waals surface area contributed by atoms with E-state index in [-0.39, 0.29) is 22.9 Å². The summed E-state index contributed by atoms with van der Waals surface area (Å²) in [6.07, 6.45) is -0.748. The summed E-state index contributed by atoms with van der Waals surface area (Å²) in [6.45, 7) is 6.63. The Morgan fingerprint density at radius 2 is 1.68 bits per heavy atom. The van der Waals surface area contributed by atoms with E-state index in [0.29, 0.717) is 10.0 Å². The molecule has 0 heterocycles. The lowest BCUT2D eigenvalue weighted by Crippen LogP contribution is -2.60. The molecule has 166 valence electrons. The third-order valence-electron chi connectivity index (χ3n) is 4.13. The Morgan fingerprint density at radius 1 is 1.03 bits per heavy atom. The first-order chi connectivity index (χ1) is 14.4. The van der Waals surface area contributed by atoms with E-state index in [4.69, 9.17) is 16.3 Å². The average Bonchev–Trinajstić information content (AvgIpc) is 2.68. The Balaban J connectivity index is 2.16. The van der Waals surface area contributed by atoms with Gasteiger partial charge in [-0.15, -0.1) is 0 Å². The first-order valence-corrected chi connectivity index (χ1v) is 10.7. The Kier molecular flexibility index (Phi) is 8.22. The molecule has 0 aliphatic rings. The van der Waals surface area contributed by atoms with Crippen LogP contribution in [-0.2, 0) is 4.74 Å². The van der Waals surface area contributed by atoms with Crippen LogP contribution in [0, 0.1) is 0 Å². The van der Waals surface area contributed by atoms with Crippen LogP contribution in [0.25, 0.3) is 0 Å². The third-order valence-corrected chi connectivity index (χ3v) is 4.95. The van der Waals surface area contributed by atoms with E-state index < -0.39 is 23.1 Å². The van der Waals surface area contributed by atoms with Gasteiger partial charge >= 0.3 is 6.09 Å². The molecule has 0 fully saturated rings. The molecule has 0 aliphatic heterocycles. The first kappa shape index (κ1) is 24.8. The van der Waals surface area contributed by atoms with Crippen LogP contribution >= 0.6 is 27.5 Å². The monoisotopic (exact) mass is 509 g/mol. The van der Waals surface area contributed by atoms with Gasteiger partial charge in [-0.2, -0.15) is 0 Å². The quantitative estimate of drug-likeness (QED) is 0.376. The number of amides is 2. The highest BCUT2D eigenvalue weighted by molar-refractivity contribution is 9.10. The second-order valence-corrected chi connectivity index (χ2v) is 9.41. The number of nitrogens with one attached hydrogen (secondary N) is 3. The molecule has 0 spiro atoms. The second-order valence-electron chi connectivity index (χ2n) is 8.09. The van der Waals surface area contributed by atoms with Crippen molar-refractivity contribution < 1.29 is 19.1 Å². The topological polar surface area (TPSA) is 96.5 Å². The van der Waals surface area contributed by atoms with Crippen LogP contribution in [0.15, 0.2) is 53.0 Å². The van der Waals surface area contributed by atoms with Gasteiger partial charge in [-0.25, -0.2) is 10.2 Å². The highest BCUT2D eigenvalue weighted by Gasteiger charge is 2.37. The molecular formula is C22H25BrClN3O4. The fourth-order valence-electron chi connectivity index (χ4n) is 2.66. The SMILES string of the molecule is CC(C)(C)OC(=O)NC(C)(CNNC(=O)c1cc(Br)ccc1Cl)C(=O)c1ccccc1. The van der Waals surface area contributed by atoms with Crippen molar-refractivity contribution in [2.24, 2.45) is 0 Å². The molecule has 0 radical (unpaired) electrons. The van der Waals surface area contributed by atoms with Crippen LogP contribution in [-0.4, -0.2) is 35.5 Å². The summed E-state index contributed by atoms with van der Waals surface area (Å²) in [4.78, 5) is 38.0. The molecule has 2 amide bonds. The number of Topliss-reactive ketones (excluding diaryl/α,β-unsaturated/α-hetero) is 1. The highest BCUT2D eigenvalue weighted by Crippen LogP contribution is 2.21. The molecule has 0 aromatic heterocycles. The summed E-state index contributed by atoms with van der Waals surface area (Å²) in [6, 6.07) is 13.4. The van der Waals surface area contributed by atoms with Gasteiger partial charge < -0.3 is 10.1 Å². The van der Waals surface area contributed by atoms with Gasteiger partial charge in [0.1, 0.15) is 11.1 Å². The number of ether oxygens (including phenoxy) is 1. The van der Waals surface area contributed by atoms with Crippen LogP contribution in [0.5, 0.6) is 0 Å². The molecule has 0 aliphatic carbocycles. The van der Waals surface area contributed by atoms with Crippen molar-refractivity contribution in [3.8, 4) is 0 Å². The third kappa shape index (κ3) is 7.34. The number of benzene rings is 2. The van der Waals surface area contributed by atoms with Crippen LogP contribution in [0.1, 0.15) is 48.4 Å². The molecule has 1 unspecified atom stereocenters. The molecule has 1 atom stereocenters. The smallest absolute Gasteiger partial charge is 0.408 e. The molecule has 0 saturated heterocycles. The molecule has 7 nitrogen and oxygen atoms in total. The molecule has 3 N–H and O–H groups in total. The summed E-state index contributed by atoms with van der Waals surface area (Å²) >= 11 is 9.38. The van der Waals surface area contributed by atoms with Gasteiger partial charge in [0.25, 0.3) is 5.91 Å². The van der Waals surface area contributed by atoms with E-state index in [1.54, 1.807) is 76.2 Å². The maximum absolute atomic E-state index is 13.2. The van der Waals surface area contributed by atoms with E-state index in [1.165, 1.54) is 0 Å². The van der Waals surface area contributed by atoms with Crippen molar-refractivity contribution in [3.63, 3.8) is 0 Å². The molecular weight excluding hydrogens is 486 g/mol. The van der Waals surface area contributed by atoms with Crippen molar-refractivity contribution >= 4 is 45.3 Å². The summed E-state index contributed by atoms with van der Waals surface area (Å²) < 4.78 is 6.00. The molecule has 9 heteroatoms. The highest BCUT2D eigenvalue weighted by atomic mass is 79.9. The van der Waals surface area contributed by atoms with Crippen LogP contribution in [0.2, 0.25) is 5.02 Å². The Morgan fingerprint density at radius 3 is 2.29 bits per heavy atom. The van der Waals surface area contributed by atoms with E-state index in [2.05, 4.69) is 32.1 Å². The first-order valence-electron chi connectivity index (χ1n) is 9.50. The van der Waals surface area contributed by atoms with Crippen molar-refractivity contribution in [2.45, 2.75) is 38.8 Å². The molecule has 0 saturated carbocycles. The van der Waals surface area contributed by atoms with E-state index >= 15 is 0 Å². The second kappa shape index (κ2) is 10.3. The number of hydrazine groups is 1. The van der Waals surface area contributed by atoms with Crippen molar-refractivity contribution in [2.75, 3.05) is 6.54 Å². The van der Waals surface area contributed by atoms with Gasteiger partial charge in [0.15, 0.2) is 5.78 Å². The number of hydrogen-bond acceptors (Lipinski definition) is 5. The number of alkyl carbamates (subject to hydrolysis) is 1. The van der Waals surface area contributed by atoms with Crippen LogP contribution in [0.4, 0.5) is 4.79 Å². The summed E-state index contributed by atoms with van der Waals surface area (Å²) in [5.41, 5.74) is 3.75. The maximum Gasteiger partial charge on any atom is 0.408 e. The summed E-state index contributed by atoms with van der Waals surface area (Å²) in [5, 5.41) is 2.90. The minimum atomic E-state index is -1.40. The van der Waals surface area contributed by atoms with Gasteiger partial charge in [-0.05, 0) is 45.9 Å². The number of halogens is 2. The number of hydrogen-bond donors (Lipinski definition) is 3. The molecule has 2 aromatic rings. The Labute approximate surface area is 195 Å². The lowest BCUT2D eigenvalue weighted by Gasteiger charge is -2.31. The molecule has 2 aromatic carbocycles. The van der Waals surface area contributed by atoms with Gasteiger partial charge in [-0.1, -0.05) is 57.9 Å². The number of rotatable bonds is 7. The van der Waals surface area contributed by atoms with Gasteiger partial charge in [0, 0.05) is 16.6 Å². The molecule has 2 rings (SSSR count). The van der Waals surface area contributed by atoms with Crippen molar-refractivity contribution in [1.82, 2.24) is 16.2 Å². The van der Waals surface area contributed by atoms with E-state index in [9.17, 15) is 14.4 Å². The van der Waals surface area contributed by atoms with E-state index in [1.807, 2.05) is 0 Å². The minimum Gasteiger partial charge on any atom is -0.444 e. The zero-order valence-corrected chi connectivity index (χ0v) is 20.1. The Bertz CT molecular complexity index is 963. The van der Waals surface area contributed by atoms with Crippen LogP contribution < -0.4 is 16.2 Å². The summed E-state index contributed by atoms with van der Waals surface area (Å²) in [7, 11) is 0. The number of carbonyl (C=O) groups is 3. The fraction of sp³-hybridized carbons (Fsp3) is 0.318. The predicted molar refractivity (Wildman–Crippen MR) is 123 cm³/mol. The average molecular weight is 511 g/mol. The molecule has 31 heavy (non-hydrogen) atoms. The zero-order valence-electron chi connectivity index (χ0n) is 17.7. The van der Waals surface area contributed by atoms with Gasteiger partial charge in [0.2, 0.25) is 0 Å². The fourth-order valence-corrected chi connectivity index (χ4v) is 3.22. The maximum atomic E-state index is 13.2. The lowest BCUT2D eigenvalue weighted by molar-refractivity contribution is 0.0441. The molecule has 0 bridgehead atoms. The van der Waals surface area contributed by atoms with Crippen LogP contribution in [0.3, 0.4) is 0 Å².